The first-order valence-electron chi connectivity index (χ1n) is 9.52. The number of allylic oxidation sites excluding steroid dienone is 3. The molecule has 4 rings (SSSR count). The number of hydrogen-bond donors (Lipinski definition) is 2. The number of nitrogens with two attached hydrogens (primary N) is 1. The molecule has 0 aromatic carbocycles. The second kappa shape index (κ2) is 5.55. The number of fused-ring (bicyclic) bond motifs is 4. The summed E-state index contributed by atoms with van der Waals surface area (Å²) in [6.07, 6.45) is 11.2. The van der Waals surface area contributed by atoms with Crippen molar-refractivity contribution in [1.29, 1.82) is 0 Å². The summed E-state index contributed by atoms with van der Waals surface area (Å²) in [6, 6.07) is -0.242. The predicted molar refractivity (Wildman–Crippen MR) is 96.3 cm³/mol. The second-order valence-corrected chi connectivity index (χ2v) is 8.83. The number of carbonyl (C=O) groups is 1. The van der Waals surface area contributed by atoms with Gasteiger partial charge in [-0.15, -0.1) is 0 Å². The van der Waals surface area contributed by atoms with Crippen LogP contribution in [-0.4, -0.2) is 23.2 Å². The zero-order valence-electron chi connectivity index (χ0n) is 15.4. The van der Waals surface area contributed by atoms with Crippen LogP contribution in [0.15, 0.2) is 35.1 Å². The molecule has 25 heavy (non-hydrogen) atoms. The van der Waals surface area contributed by atoms with E-state index in [2.05, 4.69) is 26.0 Å². The highest BCUT2D eigenvalue weighted by Gasteiger charge is 2.54. The summed E-state index contributed by atoms with van der Waals surface area (Å²) in [5, 5.41) is 10.0. The highest BCUT2D eigenvalue weighted by atomic mass is 16.5. The number of ether oxygens (including phenoxy) is 1. The van der Waals surface area contributed by atoms with Crippen molar-refractivity contribution in [2.45, 2.75) is 65.0 Å². The molecule has 0 bridgehead atoms. The highest BCUT2D eigenvalue weighted by Crippen LogP contribution is 2.61. The van der Waals surface area contributed by atoms with E-state index in [9.17, 15) is 9.90 Å². The van der Waals surface area contributed by atoms with Crippen molar-refractivity contribution >= 4 is 5.97 Å². The number of aliphatic hydroxyl groups is 1. The van der Waals surface area contributed by atoms with Crippen molar-refractivity contribution in [1.82, 2.24) is 0 Å². The average molecular weight is 343 g/mol. The molecule has 4 aliphatic rings. The van der Waals surface area contributed by atoms with Gasteiger partial charge in [0.15, 0.2) is 0 Å². The van der Waals surface area contributed by atoms with Gasteiger partial charge >= 0.3 is 5.97 Å². The normalized spacial score (nSPS) is 45.4. The van der Waals surface area contributed by atoms with Crippen molar-refractivity contribution in [3.63, 3.8) is 0 Å². The highest BCUT2D eigenvalue weighted by molar-refractivity contribution is 5.68. The van der Waals surface area contributed by atoms with Crippen LogP contribution in [0.4, 0.5) is 0 Å². The maximum atomic E-state index is 11.4. The van der Waals surface area contributed by atoms with E-state index in [0.717, 1.165) is 32.1 Å². The van der Waals surface area contributed by atoms with Gasteiger partial charge in [0.05, 0.1) is 12.1 Å². The van der Waals surface area contributed by atoms with Gasteiger partial charge in [0.1, 0.15) is 5.76 Å². The summed E-state index contributed by atoms with van der Waals surface area (Å²) in [5.41, 5.74) is 9.30. The topological polar surface area (TPSA) is 72.5 Å². The van der Waals surface area contributed by atoms with Crippen molar-refractivity contribution in [2.24, 2.45) is 28.4 Å². The van der Waals surface area contributed by atoms with E-state index >= 15 is 0 Å². The fraction of sp³-hybridized carbons (Fsp3) is 0.667. The number of hydrogen-bond acceptors (Lipinski definition) is 4. The Morgan fingerprint density at radius 1 is 1.36 bits per heavy atom. The molecule has 4 aliphatic carbocycles. The third kappa shape index (κ3) is 2.37. The number of aliphatic hydroxyl groups excluding tert-OH is 1. The van der Waals surface area contributed by atoms with E-state index in [1.54, 1.807) is 0 Å². The van der Waals surface area contributed by atoms with E-state index in [4.69, 9.17) is 10.5 Å². The van der Waals surface area contributed by atoms with Crippen LogP contribution in [0.25, 0.3) is 0 Å². The molecule has 0 aromatic rings. The van der Waals surface area contributed by atoms with Gasteiger partial charge in [-0.25, -0.2) is 0 Å². The molecule has 0 unspecified atom stereocenters. The minimum Gasteiger partial charge on any atom is -0.430 e. The van der Waals surface area contributed by atoms with Crippen LogP contribution in [-0.2, 0) is 9.53 Å². The van der Waals surface area contributed by atoms with Crippen molar-refractivity contribution < 1.29 is 14.6 Å². The average Bonchev–Trinajstić information content (AvgIpc) is 2.79. The van der Waals surface area contributed by atoms with Crippen LogP contribution in [0.1, 0.15) is 52.9 Å². The lowest BCUT2D eigenvalue weighted by molar-refractivity contribution is -0.137. The fourth-order valence-corrected chi connectivity index (χ4v) is 5.93. The van der Waals surface area contributed by atoms with Gasteiger partial charge in [-0.3, -0.25) is 4.79 Å². The summed E-state index contributed by atoms with van der Waals surface area (Å²) < 4.78 is 5.42. The van der Waals surface area contributed by atoms with Crippen LogP contribution >= 0.6 is 0 Å². The monoisotopic (exact) mass is 343 g/mol. The molecule has 6 atom stereocenters. The van der Waals surface area contributed by atoms with Gasteiger partial charge in [0.25, 0.3) is 0 Å². The standard InChI is InChI=1S/C21H29NO3/c1-12(23)25-18-11-17-15-5-4-13-10-14(24)6-8-20(13,2)16(15)7-9-21(17,3)19(18)22/h6,8,11,13-14,16,19,24H,4-5,7,9-10,22H2,1-3H3/t13-,14+,16+,19+,20+,21+/m1/s1. The molecule has 0 amide bonds. The van der Waals surface area contributed by atoms with Gasteiger partial charge in [0.2, 0.25) is 0 Å². The molecule has 4 nitrogen and oxygen atoms in total. The summed E-state index contributed by atoms with van der Waals surface area (Å²) in [4.78, 5) is 11.4. The molecule has 0 aliphatic heterocycles. The van der Waals surface area contributed by atoms with E-state index in [0.29, 0.717) is 17.6 Å². The van der Waals surface area contributed by atoms with Crippen molar-refractivity contribution in [3.8, 4) is 0 Å². The van der Waals surface area contributed by atoms with Gasteiger partial charge in [-0.2, -0.15) is 0 Å². The van der Waals surface area contributed by atoms with Crippen molar-refractivity contribution in [3.05, 3.63) is 35.1 Å². The Morgan fingerprint density at radius 2 is 2.12 bits per heavy atom. The molecule has 0 saturated heterocycles. The summed E-state index contributed by atoms with van der Waals surface area (Å²) in [5.74, 6) is 1.36. The fourth-order valence-electron chi connectivity index (χ4n) is 5.93. The zero-order valence-corrected chi connectivity index (χ0v) is 15.4. The van der Waals surface area contributed by atoms with Gasteiger partial charge in [0, 0.05) is 12.3 Å². The summed E-state index contributed by atoms with van der Waals surface area (Å²) in [6.45, 7) is 6.01. The van der Waals surface area contributed by atoms with Crippen LogP contribution in [0.3, 0.4) is 0 Å². The van der Waals surface area contributed by atoms with E-state index < -0.39 is 0 Å². The molecule has 0 spiro atoms. The van der Waals surface area contributed by atoms with Crippen molar-refractivity contribution in [2.75, 3.05) is 0 Å². The van der Waals surface area contributed by atoms with Crippen LogP contribution in [0.5, 0.6) is 0 Å². The Kier molecular flexibility index (Phi) is 3.79. The van der Waals surface area contributed by atoms with Crippen LogP contribution in [0, 0.1) is 22.7 Å². The molecule has 0 aromatic heterocycles. The number of carbonyl (C=O) groups excluding carboxylic acids is 1. The van der Waals surface area contributed by atoms with E-state index in [1.165, 1.54) is 18.1 Å². The minimum atomic E-state index is -0.300. The molecule has 3 N–H and O–H groups in total. The lowest BCUT2D eigenvalue weighted by Gasteiger charge is -2.54. The lowest BCUT2D eigenvalue weighted by Crippen LogP contribution is -2.48. The Hall–Kier alpha value is -1.39. The molecule has 136 valence electrons. The first kappa shape index (κ1) is 17.0. The smallest absolute Gasteiger partial charge is 0.307 e. The molecule has 1 saturated carbocycles. The second-order valence-electron chi connectivity index (χ2n) is 8.83. The first-order chi connectivity index (χ1) is 11.8. The molecule has 4 heteroatoms. The first-order valence-corrected chi connectivity index (χ1v) is 9.52. The Morgan fingerprint density at radius 3 is 2.84 bits per heavy atom. The molecular weight excluding hydrogens is 314 g/mol. The quantitative estimate of drug-likeness (QED) is 0.566. The van der Waals surface area contributed by atoms with Gasteiger partial charge < -0.3 is 15.6 Å². The molecule has 1 fully saturated rings. The van der Waals surface area contributed by atoms with Crippen LogP contribution < -0.4 is 5.73 Å². The maximum absolute atomic E-state index is 11.4. The van der Waals surface area contributed by atoms with E-state index in [1.807, 2.05) is 6.08 Å². The largest absolute Gasteiger partial charge is 0.430 e. The molecule has 0 radical (unpaired) electrons. The number of esters is 1. The summed E-state index contributed by atoms with van der Waals surface area (Å²) in [7, 11) is 0. The third-order valence-electron chi connectivity index (χ3n) is 7.47. The molecule has 0 heterocycles. The predicted octanol–water partition coefficient (Wildman–Crippen LogP) is 3.22. The number of rotatable bonds is 1. The Balaban J connectivity index is 1.78. The maximum Gasteiger partial charge on any atom is 0.307 e. The van der Waals surface area contributed by atoms with Gasteiger partial charge in [-0.05, 0) is 61.0 Å². The lowest BCUT2D eigenvalue weighted by atomic mass is 9.51. The SMILES string of the molecule is CC(=O)OC1=CC2=C3CC[C@@H]4C[C@@H](O)C=C[C@]4(C)[C@H]3CC[C@]2(C)[C@H]1N. The van der Waals surface area contributed by atoms with Gasteiger partial charge in [-0.1, -0.05) is 31.6 Å². The van der Waals surface area contributed by atoms with Crippen LogP contribution in [0.2, 0.25) is 0 Å². The third-order valence-corrected chi connectivity index (χ3v) is 7.47. The molecular formula is C21H29NO3. The minimum absolute atomic E-state index is 0.114. The Labute approximate surface area is 149 Å². The Bertz CT molecular complexity index is 706. The van der Waals surface area contributed by atoms with E-state index in [-0.39, 0.29) is 28.9 Å². The zero-order chi connectivity index (χ0) is 18.0. The summed E-state index contributed by atoms with van der Waals surface area (Å²) >= 11 is 0.